The molecule has 1 aromatic carbocycles. The van der Waals surface area contributed by atoms with Crippen LogP contribution >= 0.6 is 11.6 Å². The normalized spacial score (nSPS) is 22.5. The molecule has 1 amide bonds. The van der Waals surface area contributed by atoms with Gasteiger partial charge in [0.05, 0.1) is 12.0 Å². The van der Waals surface area contributed by atoms with Crippen molar-refractivity contribution < 1.29 is 9.53 Å². The average Bonchev–Trinajstić information content (AvgIpc) is 2.83. The SMILES string of the molecule is COCC1(C(=O)Nc2ccc(Cl)cc2C)CCNC1. The van der Waals surface area contributed by atoms with Crippen LogP contribution < -0.4 is 10.6 Å². The number of benzene rings is 1. The zero-order valence-corrected chi connectivity index (χ0v) is 12.0. The van der Waals surface area contributed by atoms with Gasteiger partial charge in [0.15, 0.2) is 0 Å². The molecule has 1 aliphatic rings. The molecule has 2 N–H and O–H groups in total. The van der Waals surface area contributed by atoms with E-state index in [-0.39, 0.29) is 5.91 Å². The molecule has 104 valence electrons. The zero-order valence-electron chi connectivity index (χ0n) is 11.3. The van der Waals surface area contributed by atoms with Crippen molar-refractivity contribution in [3.8, 4) is 0 Å². The highest BCUT2D eigenvalue weighted by molar-refractivity contribution is 6.30. The first-order chi connectivity index (χ1) is 9.07. The predicted molar refractivity (Wildman–Crippen MR) is 76.6 cm³/mol. The van der Waals surface area contributed by atoms with Crippen LogP contribution in [0.5, 0.6) is 0 Å². The van der Waals surface area contributed by atoms with Gasteiger partial charge in [-0.1, -0.05) is 11.6 Å². The highest BCUT2D eigenvalue weighted by Crippen LogP contribution is 2.29. The topological polar surface area (TPSA) is 50.4 Å². The fourth-order valence-electron chi connectivity index (χ4n) is 2.42. The third kappa shape index (κ3) is 3.08. The Morgan fingerprint density at radius 2 is 2.37 bits per heavy atom. The molecule has 2 rings (SSSR count). The highest BCUT2D eigenvalue weighted by atomic mass is 35.5. The van der Waals surface area contributed by atoms with Crippen molar-refractivity contribution in [2.24, 2.45) is 5.41 Å². The van der Waals surface area contributed by atoms with Crippen LogP contribution in [0.4, 0.5) is 5.69 Å². The maximum atomic E-state index is 12.5. The van der Waals surface area contributed by atoms with E-state index in [4.69, 9.17) is 16.3 Å². The molecular weight excluding hydrogens is 264 g/mol. The van der Waals surface area contributed by atoms with Crippen LogP contribution in [0.15, 0.2) is 18.2 Å². The van der Waals surface area contributed by atoms with Crippen LogP contribution in [0.25, 0.3) is 0 Å². The maximum Gasteiger partial charge on any atom is 0.234 e. The zero-order chi connectivity index (χ0) is 13.9. The Morgan fingerprint density at radius 3 is 2.95 bits per heavy atom. The maximum absolute atomic E-state index is 12.5. The van der Waals surface area contributed by atoms with Gasteiger partial charge in [0.25, 0.3) is 0 Å². The standard InChI is InChI=1S/C14H19ClN2O2/c1-10-7-11(15)3-4-12(10)17-13(18)14(9-19-2)5-6-16-8-14/h3-4,7,16H,5-6,8-9H2,1-2H3,(H,17,18). The van der Waals surface area contributed by atoms with E-state index in [1.165, 1.54) is 0 Å². The fourth-order valence-corrected chi connectivity index (χ4v) is 2.65. The minimum absolute atomic E-state index is 0.00442. The number of carbonyl (C=O) groups is 1. The Balaban J connectivity index is 2.15. The van der Waals surface area contributed by atoms with Crippen molar-refractivity contribution in [1.29, 1.82) is 0 Å². The molecule has 1 saturated heterocycles. The Hall–Kier alpha value is -1.10. The van der Waals surface area contributed by atoms with Gasteiger partial charge in [-0.05, 0) is 43.7 Å². The van der Waals surface area contributed by atoms with Crippen molar-refractivity contribution in [1.82, 2.24) is 5.32 Å². The number of aryl methyl sites for hydroxylation is 1. The van der Waals surface area contributed by atoms with Gasteiger partial charge < -0.3 is 15.4 Å². The lowest BCUT2D eigenvalue weighted by Gasteiger charge is -2.26. The highest BCUT2D eigenvalue weighted by Gasteiger charge is 2.41. The minimum Gasteiger partial charge on any atom is -0.384 e. The third-order valence-corrected chi connectivity index (χ3v) is 3.82. The largest absolute Gasteiger partial charge is 0.384 e. The van der Waals surface area contributed by atoms with E-state index in [1.54, 1.807) is 13.2 Å². The first-order valence-corrected chi connectivity index (χ1v) is 6.72. The molecule has 5 heteroatoms. The Morgan fingerprint density at radius 1 is 1.58 bits per heavy atom. The van der Waals surface area contributed by atoms with Crippen LogP contribution in [-0.4, -0.2) is 32.7 Å². The lowest BCUT2D eigenvalue weighted by Crippen LogP contribution is -2.41. The average molecular weight is 283 g/mol. The van der Waals surface area contributed by atoms with Crippen LogP contribution in [0.1, 0.15) is 12.0 Å². The van der Waals surface area contributed by atoms with Crippen LogP contribution in [0.2, 0.25) is 5.02 Å². The second kappa shape index (κ2) is 5.90. The molecule has 0 spiro atoms. The number of nitrogens with one attached hydrogen (secondary N) is 2. The molecular formula is C14H19ClN2O2. The quantitative estimate of drug-likeness (QED) is 0.890. The number of methoxy groups -OCH3 is 1. The molecule has 1 atom stereocenters. The Bertz CT molecular complexity index is 471. The predicted octanol–water partition coefficient (Wildman–Crippen LogP) is 2.21. The van der Waals surface area contributed by atoms with Gasteiger partial charge in [0.2, 0.25) is 5.91 Å². The van der Waals surface area contributed by atoms with Crippen molar-refractivity contribution >= 4 is 23.2 Å². The summed E-state index contributed by atoms with van der Waals surface area (Å²) in [4.78, 5) is 12.5. The first-order valence-electron chi connectivity index (χ1n) is 6.35. The molecule has 0 bridgehead atoms. The van der Waals surface area contributed by atoms with E-state index < -0.39 is 5.41 Å². The summed E-state index contributed by atoms with van der Waals surface area (Å²) in [6.07, 6.45) is 0.791. The second-order valence-corrected chi connectivity index (χ2v) is 5.49. The molecule has 0 aromatic heterocycles. The van der Waals surface area contributed by atoms with Crippen LogP contribution in [0.3, 0.4) is 0 Å². The van der Waals surface area contributed by atoms with Gasteiger partial charge >= 0.3 is 0 Å². The Kier molecular flexibility index (Phi) is 4.45. The summed E-state index contributed by atoms with van der Waals surface area (Å²) in [5.74, 6) is 0.00442. The van der Waals surface area contributed by atoms with Gasteiger partial charge in [0.1, 0.15) is 0 Å². The third-order valence-electron chi connectivity index (χ3n) is 3.58. The van der Waals surface area contributed by atoms with Gasteiger partial charge in [-0.25, -0.2) is 0 Å². The molecule has 0 saturated carbocycles. The van der Waals surface area contributed by atoms with Crippen molar-refractivity contribution in [2.75, 3.05) is 32.1 Å². The summed E-state index contributed by atoms with van der Waals surface area (Å²) >= 11 is 5.91. The van der Waals surface area contributed by atoms with E-state index in [0.29, 0.717) is 18.2 Å². The van der Waals surface area contributed by atoms with Gasteiger partial charge in [-0.3, -0.25) is 4.79 Å². The Labute approximate surface area is 118 Å². The summed E-state index contributed by atoms with van der Waals surface area (Å²) in [5, 5.41) is 6.88. The number of hydrogen-bond donors (Lipinski definition) is 2. The molecule has 1 heterocycles. The monoisotopic (exact) mass is 282 g/mol. The minimum atomic E-state index is -0.471. The number of halogens is 1. The summed E-state index contributed by atoms with van der Waals surface area (Å²) in [6.45, 7) is 3.85. The number of hydrogen-bond acceptors (Lipinski definition) is 3. The van der Waals surface area contributed by atoms with E-state index >= 15 is 0 Å². The number of carbonyl (C=O) groups excluding carboxylic acids is 1. The van der Waals surface area contributed by atoms with Crippen LogP contribution in [-0.2, 0) is 9.53 Å². The number of amides is 1. The van der Waals surface area contributed by atoms with E-state index in [1.807, 2.05) is 19.1 Å². The molecule has 1 aliphatic heterocycles. The van der Waals surface area contributed by atoms with Gasteiger partial charge in [-0.2, -0.15) is 0 Å². The van der Waals surface area contributed by atoms with Gasteiger partial charge in [-0.15, -0.1) is 0 Å². The van der Waals surface area contributed by atoms with Crippen molar-refractivity contribution in [3.63, 3.8) is 0 Å². The van der Waals surface area contributed by atoms with E-state index in [0.717, 1.165) is 24.2 Å². The van der Waals surface area contributed by atoms with Crippen molar-refractivity contribution in [3.05, 3.63) is 28.8 Å². The molecule has 1 unspecified atom stereocenters. The summed E-state index contributed by atoms with van der Waals surface area (Å²) in [5.41, 5.74) is 1.29. The number of rotatable bonds is 4. The number of ether oxygens (including phenoxy) is 1. The summed E-state index contributed by atoms with van der Waals surface area (Å²) in [6, 6.07) is 5.45. The van der Waals surface area contributed by atoms with E-state index in [9.17, 15) is 4.79 Å². The fraction of sp³-hybridized carbons (Fsp3) is 0.500. The van der Waals surface area contributed by atoms with E-state index in [2.05, 4.69) is 10.6 Å². The van der Waals surface area contributed by atoms with Gasteiger partial charge in [0, 0.05) is 24.4 Å². The molecule has 4 nitrogen and oxygen atoms in total. The second-order valence-electron chi connectivity index (χ2n) is 5.05. The lowest BCUT2D eigenvalue weighted by molar-refractivity contribution is -0.127. The first kappa shape index (κ1) is 14.3. The lowest BCUT2D eigenvalue weighted by atomic mass is 9.87. The smallest absolute Gasteiger partial charge is 0.234 e. The number of anilines is 1. The molecule has 19 heavy (non-hydrogen) atoms. The van der Waals surface area contributed by atoms with Crippen molar-refractivity contribution in [2.45, 2.75) is 13.3 Å². The molecule has 0 aliphatic carbocycles. The summed E-state index contributed by atoms with van der Waals surface area (Å²) in [7, 11) is 1.63. The molecule has 0 radical (unpaired) electrons. The van der Waals surface area contributed by atoms with Crippen LogP contribution in [0, 0.1) is 12.3 Å². The summed E-state index contributed by atoms with van der Waals surface area (Å²) < 4.78 is 5.22. The molecule has 1 aromatic rings. The molecule has 1 fully saturated rings.